The molecule has 3 aromatic rings. The van der Waals surface area contributed by atoms with Gasteiger partial charge in [0.2, 0.25) is 11.8 Å². The van der Waals surface area contributed by atoms with Crippen LogP contribution in [0.3, 0.4) is 0 Å². The Bertz CT molecular complexity index is 1040. The van der Waals surface area contributed by atoms with Crippen molar-refractivity contribution in [3.05, 3.63) is 101 Å². The van der Waals surface area contributed by atoms with E-state index >= 15 is 0 Å². The van der Waals surface area contributed by atoms with E-state index in [0.29, 0.717) is 33.9 Å². The van der Waals surface area contributed by atoms with Gasteiger partial charge in [0.15, 0.2) is 0 Å². The molecule has 0 spiro atoms. The Hall–Kier alpha value is -3.68. The van der Waals surface area contributed by atoms with Gasteiger partial charge in [-0.1, -0.05) is 42.5 Å². The molecule has 1 aromatic heterocycles. The van der Waals surface area contributed by atoms with Crippen LogP contribution in [0.5, 0.6) is 0 Å². The molecular weight excluding hydrogens is 453 g/mol. The molecule has 0 unspecified atom stereocenters. The zero-order valence-electron chi connectivity index (χ0n) is 17.5. The van der Waals surface area contributed by atoms with Crippen LogP contribution >= 0.6 is 0 Å². The first-order valence-corrected chi connectivity index (χ1v) is 9.25. The van der Waals surface area contributed by atoms with Gasteiger partial charge in [0.1, 0.15) is 0 Å². The second kappa shape index (κ2) is 12.9. The maximum Gasteiger partial charge on any atom is 0.238 e. The average Bonchev–Trinajstić information content (AvgIpc) is 2.81. The summed E-state index contributed by atoms with van der Waals surface area (Å²) in [5.74, 6) is -0.343. The van der Waals surface area contributed by atoms with E-state index in [4.69, 9.17) is 0 Å². The summed E-state index contributed by atoms with van der Waals surface area (Å²) in [5, 5.41) is 36.0. The summed E-state index contributed by atoms with van der Waals surface area (Å²) in [4.78, 5) is 4.51. The fraction of sp³-hybridized carbons (Fsp3) is 0.0870. The number of aliphatic hydroxyl groups is 2. The molecule has 0 aliphatic carbocycles. The predicted molar refractivity (Wildman–Crippen MR) is 123 cm³/mol. The zero-order chi connectivity index (χ0) is 21.3. The summed E-state index contributed by atoms with van der Waals surface area (Å²) < 4.78 is 0. The number of benzene rings is 2. The van der Waals surface area contributed by atoms with Gasteiger partial charge in [-0.2, -0.15) is 0 Å². The average molecular weight is 476 g/mol. The van der Waals surface area contributed by atoms with Crippen LogP contribution in [-0.4, -0.2) is 43.9 Å². The maximum atomic E-state index is 10.0. The Kier molecular flexibility index (Phi) is 10.6. The molecule has 1 heterocycles. The normalized spacial score (nSPS) is 12.6. The Morgan fingerprint density at radius 2 is 0.969 bits per heavy atom. The minimum atomic E-state index is -0.172. The number of aromatic nitrogens is 1. The van der Waals surface area contributed by atoms with E-state index in [9.17, 15) is 10.2 Å². The van der Waals surface area contributed by atoms with Crippen LogP contribution in [0.4, 0.5) is 0 Å². The van der Waals surface area contributed by atoms with Crippen LogP contribution in [0.25, 0.3) is 0 Å². The van der Waals surface area contributed by atoms with Crippen molar-refractivity contribution in [1.82, 2.24) is 4.98 Å². The van der Waals surface area contributed by atoms with Crippen LogP contribution in [0.2, 0.25) is 0 Å². The summed E-state index contributed by atoms with van der Waals surface area (Å²) in [7, 11) is 0. The molecule has 2 aromatic carbocycles. The number of pyridine rings is 1. The van der Waals surface area contributed by atoms with E-state index in [0.717, 1.165) is 0 Å². The molecule has 0 amide bonds. The van der Waals surface area contributed by atoms with Crippen LogP contribution in [0.15, 0.2) is 99.3 Å². The Morgan fingerprint density at radius 3 is 1.34 bits per heavy atom. The molecule has 0 bridgehead atoms. The summed E-state index contributed by atoms with van der Waals surface area (Å²) in [6.07, 6.45) is 0. The fourth-order valence-electron chi connectivity index (χ4n) is 2.47. The molecule has 8 nitrogen and oxygen atoms in total. The van der Waals surface area contributed by atoms with Gasteiger partial charge >= 0.3 is 0 Å². The first-order valence-electron chi connectivity index (χ1n) is 9.25. The second-order valence-electron chi connectivity index (χ2n) is 6.36. The van der Waals surface area contributed by atoms with Crippen LogP contribution in [0, 0.1) is 0 Å². The predicted octanol–water partition coefficient (Wildman–Crippen LogP) is 3.71. The maximum absolute atomic E-state index is 10.0. The number of aliphatic hydroxyl groups excluding tert-OH is 2. The van der Waals surface area contributed by atoms with Gasteiger partial charge in [-0.3, -0.25) is 0 Å². The van der Waals surface area contributed by atoms with Crippen LogP contribution in [0.1, 0.15) is 36.4 Å². The quantitative estimate of drug-likeness (QED) is 0.243. The largest absolute Gasteiger partial charge is 0.492 e. The van der Waals surface area contributed by atoms with Gasteiger partial charge in [0.25, 0.3) is 0 Å². The molecule has 0 saturated carbocycles. The first-order chi connectivity index (χ1) is 14.5. The molecule has 3 rings (SSSR count). The van der Waals surface area contributed by atoms with Gasteiger partial charge < -0.3 is 15.7 Å². The SMILES string of the molecule is C/C(=N\N=C(/O)c1ccccc1)c1cccc(/C(C)=N/N=C(\O)c2ccccc2)n1.O.[Ni]. The number of rotatable bonds is 6. The summed E-state index contributed by atoms with van der Waals surface area (Å²) in [6, 6.07) is 23.3. The van der Waals surface area contributed by atoms with Crippen molar-refractivity contribution in [2.75, 3.05) is 0 Å². The van der Waals surface area contributed by atoms with Crippen molar-refractivity contribution in [2.45, 2.75) is 13.8 Å². The van der Waals surface area contributed by atoms with E-state index in [-0.39, 0.29) is 33.8 Å². The summed E-state index contributed by atoms with van der Waals surface area (Å²) in [6.45, 7) is 3.50. The molecular formula is C23H23N5NiO3. The smallest absolute Gasteiger partial charge is 0.238 e. The Balaban J connectivity index is 0.00000256. The number of nitrogens with zero attached hydrogens (tertiary/aromatic N) is 5. The third-order valence-corrected chi connectivity index (χ3v) is 4.14. The van der Waals surface area contributed by atoms with Gasteiger partial charge in [-0.25, -0.2) is 4.98 Å². The molecule has 0 atom stereocenters. The van der Waals surface area contributed by atoms with Gasteiger partial charge in [0, 0.05) is 27.6 Å². The monoisotopic (exact) mass is 475 g/mol. The van der Waals surface area contributed by atoms with Crippen molar-refractivity contribution in [2.24, 2.45) is 20.4 Å². The molecule has 32 heavy (non-hydrogen) atoms. The summed E-state index contributed by atoms with van der Waals surface area (Å²) in [5.41, 5.74) is 3.39. The molecule has 0 saturated heterocycles. The van der Waals surface area contributed by atoms with Gasteiger partial charge in [-0.15, -0.1) is 20.4 Å². The van der Waals surface area contributed by atoms with Crippen LogP contribution in [-0.2, 0) is 16.5 Å². The van der Waals surface area contributed by atoms with Crippen molar-refractivity contribution in [1.29, 1.82) is 0 Å². The Labute approximate surface area is 196 Å². The van der Waals surface area contributed by atoms with Gasteiger partial charge in [-0.05, 0) is 50.2 Å². The third-order valence-electron chi connectivity index (χ3n) is 4.14. The van der Waals surface area contributed by atoms with Gasteiger partial charge in [0.05, 0.1) is 22.8 Å². The zero-order valence-corrected chi connectivity index (χ0v) is 18.4. The first kappa shape index (κ1) is 26.4. The van der Waals surface area contributed by atoms with E-state index in [1.807, 2.05) is 42.5 Å². The molecule has 0 aliphatic rings. The number of hydrogen-bond acceptors (Lipinski definition) is 5. The molecule has 9 heteroatoms. The van der Waals surface area contributed by atoms with E-state index in [1.165, 1.54) is 0 Å². The molecule has 0 fully saturated rings. The third kappa shape index (κ3) is 7.23. The van der Waals surface area contributed by atoms with Crippen molar-refractivity contribution >= 4 is 23.2 Å². The molecule has 4 N–H and O–H groups in total. The minimum absolute atomic E-state index is 0. The van der Waals surface area contributed by atoms with Crippen molar-refractivity contribution in [3.63, 3.8) is 0 Å². The molecule has 0 radical (unpaired) electrons. The summed E-state index contributed by atoms with van der Waals surface area (Å²) >= 11 is 0. The molecule has 168 valence electrons. The molecule has 0 aliphatic heterocycles. The topological polar surface area (TPSA) is 134 Å². The van der Waals surface area contributed by atoms with Crippen molar-refractivity contribution in [3.8, 4) is 0 Å². The van der Waals surface area contributed by atoms with E-state index < -0.39 is 0 Å². The van der Waals surface area contributed by atoms with E-state index in [2.05, 4.69) is 25.4 Å². The van der Waals surface area contributed by atoms with Crippen molar-refractivity contribution < 1.29 is 32.2 Å². The minimum Gasteiger partial charge on any atom is -0.492 e. The van der Waals surface area contributed by atoms with E-state index in [1.54, 1.807) is 50.2 Å². The Morgan fingerprint density at radius 1 is 0.594 bits per heavy atom. The fourth-order valence-corrected chi connectivity index (χ4v) is 2.47. The van der Waals surface area contributed by atoms with Crippen LogP contribution < -0.4 is 0 Å². The second-order valence-corrected chi connectivity index (χ2v) is 6.36. The standard InChI is InChI=1S/C23H21N5O2.Ni.H2O/c1-16(25-27-22(29)18-10-5-3-6-11-18)20-14-9-15-21(24-20)17(2)26-28-23(30)19-12-7-4-8-13-19;;/h3-15H,1-2H3,(H,27,29)(H,28,30);;1H2/b25-16+,26-17+;;. The number of hydrogen-bond donors (Lipinski definition) is 2.